The first-order valence-corrected chi connectivity index (χ1v) is 16.2. The van der Waals surface area contributed by atoms with Gasteiger partial charge in [-0.05, 0) is 68.7 Å². The second-order valence-corrected chi connectivity index (χ2v) is 11.7. The number of amides is 2. The van der Waals surface area contributed by atoms with E-state index in [4.69, 9.17) is 4.74 Å². The van der Waals surface area contributed by atoms with Crippen molar-refractivity contribution in [3.05, 3.63) is 83.2 Å². The Hall–Kier alpha value is -3.69. The molecule has 4 rings (SSSR count). The SMILES string of the molecule is CCCC1CCCCN1C(=O)c1cc(C(=O)N[C@@H](Cc2ccccc2)[C@@H](O)CN[C@H](CC)c2cccc(OC)c2)nn1CC. The van der Waals surface area contributed by atoms with E-state index in [2.05, 4.69) is 29.6 Å². The molecule has 3 N–H and O–H groups in total. The first-order chi connectivity index (χ1) is 21.4. The molecule has 0 spiro atoms. The van der Waals surface area contributed by atoms with E-state index in [0.29, 0.717) is 18.7 Å². The number of piperidine rings is 1. The van der Waals surface area contributed by atoms with Crippen LogP contribution in [0.15, 0.2) is 60.7 Å². The van der Waals surface area contributed by atoms with Crippen LogP contribution in [0.1, 0.15) is 97.4 Å². The maximum absolute atomic E-state index is 13.7. The van der Waals surface area contributed by atoms with Crippen molar-refractivity contribution in [3.63, 3.8) is 0 Å². The van der Waals surface area contributed by atoms with Gasteiger partial charge in [-0.1, -0.05) is 62.7 Å². The van der Waals surface area contributed by atoms with Crippen molar-refractivity contribution in [2.45, 2.75) is 96.5 Å². The van der Waals surface area contributed by atoms with Gasteiger partial charge in [-0.15, -0.1) is 0 Å². The number of benzene rings is 2. The highest BCUT2D eigenvalue weighted by Gasteiger charge is 2.31. The summed E-state index contributed by atoms with van der Waals surface area (Å²) in [5, 5.41) is 22.5. The highest BCUT2D eigenvalue weighted by molar-refractivity contribution is 5.98. The molecular weight excluding hydrogens is 554 g/mol. The molecule has 0 aliphatic carbocycles. The number of hydrogen-bond acceptors (Lipinski definition) is 6. The van der Waals surface area contributed by atoms with E-state index >= 15 is 0 Å². The summed E-state index contributed by atoms with van der Waals surface area (Å²) in [6, 6.07) is 19.0. The number of carbonyl (C=O) groups excluding carboxylic acids is 2. The predicted molar refractivity (Wildman–Crippen MR) is 173 cm³/mol. The first-order valence-electron chi connectivity index (χ1n) is 16.2. The number of ether oxygens (including phenoxy) is 1. The van der Waals surface area contributed by atoms with E-state index in [-0.39, 0.29) is 30.2 Å². The van der Waals surface area contributed by atoms with Crippen molar-refractivity contribution in [1.82, 2.24) is 25.3 Å². The minimum atomic E-state index is -0.878. The smallest absolute Gasteiger partial charge is 0.272 e. The summed E-state index contributed by atoms with van der Waals surface area (Å²) in [4.78, 5) is 29.3. The lowest BCUT2D eigenvalue weighted by Crippen LogP contribution is -2.49. The fourth-order valence-corrected chi connectivity index (χ4v) is 6.14. The fraction of sp³-hybridized carbons (Fsp3) is 0.514. The molecular formula is C35H49N5O4. The van der Waals surface area contributed by atoms with E-state index < -0.39 is 18.1 Å². The van der Waals surface area contributed by atoms with Crippen molar-refractivity contribution in [2.75, 3.05) is 20.2 Å². The van der Waals surface area contributed by atoms with Gasteiger partial charge in [0.05, 0.1) is 19.3 Å². The van der Waals surface area contributed by atoms with E-state index in [1.807, 2.05) is 66.4 Å². The summed E-state index contributed by atoms with van der Waals surface area (Å²) < 4.78 is 7.02. The Kier molecular flexibility index (Phi) is 12.4. The molecule has 4 atom stereocenters. The maximum atomic E-state index is 13.7. The number of likely N-dealkylation sites (tertiary alicyclic amines) is 1. The standard InChI is InChI=1S/C35H49N5O4/c1-5-14-27-18-11-12-20-39(27)35(43)32-23-31(38-40(32)7-3)34(42)37-30(21-25-15-9-8-10-16-25)33(41)24-36-29(6-2)26-17-13-19-28(22-26)44-4/h8-10,13,15-17,19,22-23,27,29-30,33,36,41H,5-7,11-12,14,18,20-21,24H2,1-4H3,(H,37,42)/t27?,29-,30+,33+/m1/s1. The molecule has 1 saturated heterocycles. The third kappa shape index (κ3) is 8.48. The Morgan fingerprint density at radius 1 is 1.07 bits per heavy atom. The summed E-state index contributed by atoms with van der Waals surface area (Å²) in [5.74, 6) is 0.308. The normalized spacial score (nSPS) is 17.1. The summed E-state index contributed by atoms with van der Waals surface area (Å²) in [6.45, 7) is 7.63. The minimum Gasteiger partial charge on any atom is -0.497 e. The third-order valence-corrected chi connectivity index (χ3v) is 8.60. The molecule has 1 aliphatic heterocycles. The van der Waals surface area contributed by atoms with Gasteiger partial charge in [0.1, 0.15) is 11.4 Å². The van der Waals surface area contributed by atoms with Crippen LogP contribution in [0.5, 0.6) is 5.75 Å². The Morgan fingerprint density at radius 2 is 1.86 bits per heavy atom. The van der Waals surface area contributed by atoms with Gasteiger partial charge in [-0.3, -0.25) is 14.3 Å². The number of hydrogen-bond donors (Lipinski definition) is 3. The van der Waals surface area contributed by atoms with Gasteiger partial charge in [0.15, 0.2) is 5.69 Å². The zero-order valence-corrected chi connectivity index (χ0v) is 26.7. The first kappa shape index (κ1) is 33.2. The number of carbonyl (C=O) groups is 2. The number of methoxy groups -OCH3 is 1. The van der Waals surface area contributed by atoms with E-state index in [9.17, 15) is 14.7 Å². The monoisotopic (exact) mass is 603 g/mol. The highest BCUT2D eigenvalue weighted by Crippen LogP contribution is 2.24. The number of aliphatic hydroxyl groups excluding tert-OH is 1. The van der Waals surface area contributed by atoms with Gasteiger partial charge in [0.2, 0.25) is 0 Å². The molecule has 3 aromatic rings. The van der Waals surface area contributed by atoms with Crippen molar-refractivity contribution in [2.24, 2.45) is 0 Å². The molecule has 0 bridgehead atoms. The van der Waals surface area contributed by atoms with Gasteiger partial charge in [0, 0.05) is 37.8 Å². The number of aryl methyl sites for hydroxylation is 1. The lowest BCUT2D eigenvalue weighted by molar-refractivity contribution is 0.0588. The Bertz CT molecular complexity index is 1340. The van der Waals surface area contributed by atoms with Crippen LogP contribution in [0.2, 0.25) is 0 Å². The summed E-state index contributed by atoms with van der Waals surface area (Å²) >= 11 is 0. The largest absolute Gasteiger partial charge is 0.497 e. The van der Waals surface area contributed by atoms with Crippen molar-refractivity contribution in [3.8, 4) is 5.75 Å². The summed E-state index contributed by atoms with van der Waals surface area (Å²) in [6.07, 6.45) is 5.51. The van der Waals surface area contributed by atoms with E-state index in [1.165, 1.54) is 0 Å². The van der Waals surface area contributed by atoms with Crippen LogP contribution in [-0.2, 0) is 13.0 Å². The topological polar surface area (TPSA) is 109 Å². The number of nitrogens with one attached hydrogen (secondary N) is 2. The molecule has 2 heterocycles. The molecule has 1 aromatic heterocycles. The maximum Gasteiger partial charge on any atom is 0.272 e. The van der Waals surface area contributed by atoms with Crippen molar-refractivity contribution >= 4 is 11.8 Å². The quantitative estimate of drug-likeness (QED) is 0.222. The molecule has 0 radical (unpaired) electrons. The average Bonchev–Trinajstić information content (AvgIpc) is 3.50. The van der Waals surface area contributed by atoms with Crippen LogP contribution in [0.4, 0.5) is 0 Å². The van der Waals surface area contributed by atoms with Crippen LogP contribution in [-0.4, -0.2) is 70.0 Å². The predicted octanol–water partition coefficient (Wildman–Crippen LogP) is 5.15. The molecule has 2 amide bonds. The molecule has 9 nitrogen and oxygen atoms in total. The van der Waals surface area contributed by atoms with Gasteiger partial charge in [-0.25, -0.2) is 0 Å². The van der Waals surface area contributed by atoms with Gasteiger partial charge in [0.25, 0.3) is 11.8 Å². The molecule has 2 aromatic carbocycles. The van der Waals surface area contributed by atoms with Gasteiger partial charge in [-0.2, -0.15) is 5.10 Å². The van der Waals surface area contributed by atoms with Gasteiger partial charge >= 0.3 is 0 Å². The van der Waals surface area contributed by atoms with Crippen molar-refractivity contribution in [1.29, 1.82) is 0 Å². The van der Waals surface area contributed by atoms with Crippen LogP contribution in [0.3, 0.4) is 0 Å². The second kappa shape index (κ2) is 16.4. The number of aliphatic hydroxyl groups is 1. The van der Waals surface area contributed by atoms with Crippen molar-refractivity contribution < 1.29 is 19.4 Å². The number of nitrogens with zero attached hydrogens (tertiary/aromatic N) is 3. The minimum absolute atomic E-state index is 0.00738. The lowest BCUT2D eigenvalue weighted by atomic mass is 9.98. The Morgan fingerprint density at radius 3 is 2.57 bits per heavy atom. The molecule has 238 valence electrons. The van der Waals surface area contributed by atoms with E-state index in [0.717, 1.165) is 61.9 Å². The van der Waals surface area contributed by atoms with Crippen LogP contribution < -0.4 is 15.4 Å². The fourth-order valence-electron chi connectivity index (χ4n) is 6.14. The number of aromatic nitrogens is 2. The number of rotatable bonds is 15. The molecule has 9 heteroatoms. The second-order valence-electron chi connectivity index (χ2n) is 11.7. The summed E-state index contributed by atoms with van der Waals surface area (Å²) in [5.41, 5.74) is 2.69. The summed E-state index contributed by atoms with van der Waals surface area (Å²) in [7, 11) is 1.65. The molecule has 1 aliphatic rings. The molecule has 1 unspecified atom stereocenters. The van der Waals surface area contributed by atoms with E-state index in [1.54, 1.807) is 17.9 Å². The zero-order chi connectivity index (χ0) is 31.5. The Labute approximate surface area is 262 Å². The van der Waals surface area contributed by atoms with Crippen LogP contribution >= 0.6 is 0 Å². The molecule has 1 fully saturated rings. The van der Waals surface area contributed by atoms with Crippen LogP contribution in [0.25, 0.3) is 0 Å². The van der Waals surface area contributed by atoms with Gasteiger partial charge < -0.3 is 25.4 Å². The molecule has 44 heavy (non-hydrogen) atoms. The average molecular weight is 604 g/mol. The third-order valence-electron chi connectivity index (χ3n) is 8.60. The molecule has 0 saturated carbocycles. The lowest BCUT2D eigenvalue weighted by Gasteiger charge is -2.35. The van der Waals surface area contributed by atoms with Crippen LogP contribution in [0, 0.1) is 0 Å². The highest BCUT2D eigenvalue weighted by atomic mass is 16.5. The Balaban J connectivity index is 1.50. The zero-order valence-electron chi connectivity index (χ0n) is 26.7.